The Balaban J connectivity index is 1.64. The van der Waals surface area contributed by atoms with E-state index >= 15 is 0 Å². The van der Waals surface area contributed by atoms with Crippen molar-refractivity contribution >= 4 is 10.9 Å². The second-order valence-electron chi connectivity index (χ2n) is 10.1. The number of benzene rings is 4. The highest BCUT2D eigenvalue weighted by Gasteiger charge is 2.34. The minimum absolute atomic E-state index is 0.0645. The summed E-state index contributed by atoms with van der Waals surface area (Å²) >= 11 is 0. The molecular weight excluding hydrogens is 473 g/mol. The second-order valence-corrected chi connectivity index (χ2v) is 10.1. The van der Waals surface area contributed by atoms with Crippen LogP contribution in [0, 0.1) is 0 Å². The Morgan fingerprint density at radius 3 is 2.16 bits per heavy atom. The Hall–Kier alpha value is -4.06. The average molecular weight is 501 g/mol. The summed E-state index contributed by atoms with van der Waals surface area (Å²) in [6.45, 7) is 6.70. The van der Waals surface area contributed by atoms with Crippen LogP contribution < -0.4 is 4.74 Å². The zero-order valence-electron chi connectivity index (χ0n) is 20.9. The van der Waals surface area contributed by atoms with Gasteiger partial charge in [0.2, 0.25) is 0 Å². The number of para-hydroxylation sites is 1. The van der Waals surface area contributed by atoms with Crippen LogP contribution in [0.3, 0.4) is 0 Å². The first kappa shape index (κ1) is 24.6. The van der Waals surface area contributed by atoms with Gasteiger partial charge in [-0.15, -0.1) is 0 Å². The second kappa shape index (κ2) is 9.43. The van der Waals surface area contributed by atoms with Crippen LogP contribution in [0.15, 0.2) is 97.1 Å². The van der Waals surface area contributed by atoms with Gasteiger partial charge in [-0.1, -0.05) is 93.6 Å². The van der Waals surface area contributed by atoms with Gasteiger partial charge in [0.15, 0.2) is 0 Å². The van der Waals surface area contributed by atoms with Gasteiger partial charge in [-0.25, -0.2) is 0 Å². The quantitative estimate of drug-likeness (QED) is 0.241. The number of fused-ring (bicyclic) bond motifs is 1. The molecule has 0 aliphatic carbocycles. The lowest BCUT2D eigenvalue weighted by Crippen LogP contribution is -2.12. The van der Waals surface area contributed by atoms with Crippen LogP contribution in [-0.4, -0.2) is 9.78 Å². The van der Waals surface area contributed by atoms with Crippen molar-refractivity contribution in [2.75, 3.05) is 0 Å². The maximum atomic E-state index is 13.9. The third kappa shape index (κ3) is 5.10. The number of hydrogen-bond acceptors (Lipinski definition) is 2. The molecule has 0 amide bonds. The van der Waals surface area contributed by atoms with Gasteiger partial charge in [-0.2, -0.15) is 18.3 Å². The minimum atomic E-state index is -4.51. The summed E-state index contributed by atoms with van der Waals surface area (Å²) in [5.74, 6) is 1.34. The Labute approximate surface area is 214 Å². The summed E-state index contributed by atoms with van der Waals surface area (Å²) in [5, 5.41) is 4.91. The molecule has 0 N–H and O–H groups in total. The lowest BCUT2D eigenvalue weighted by Gasteiger charge is -2.22. The first-order valence-electron chi connectivity index (χ1n) is 12.1. The molecule has 188 valence electrons. The van der Waals surface area contributed by atoms with Gasteiger partial charge < -0.3 is 4.74 Å². The average Bonchev–Trinajstić information content (AvgIpc) is 3.21. The van der Waals surface area contributed by atoms with Crippen molar-refractivity contribution in [3.05, 3.63) is 114 Å². The fourth-order valence-electron chi connectivity index (χ4n) is 4.57. The summed E-state index contributed by atoms with van der Waals surface area (Å²) in [4.78, 5) is 0. The van der Waals surface area contributed by atoms with Crippen molar-refractivity contribution < 1.29 is 17.9 Å². The normalized spacial score (nSPS) is 12.2. The van der Waals surface area contributed by atoms with Crippen molar-refractivity contribution in [2.24, 2.45) is 0 Å². The van der Waals surface area contributed by atoms with Crippen molar-refractivity contribution in [1.82, 2.24) is 9.78 Å². The van der Waals surface area contributed by atoms with Crippen molar-refractivity contribution in [3.8, 4) is 22.8 Å². The zero-order valence-corrected chi connectivity index (χ0v) is 20.9. The summed E-state index contributed by atoms with van der Waals surface area (Å²) in [7, 11) is 0. The highest BCUT2D eigenvalue weighted by atomic mass is 19.4. The van der Waals surface area contributed by atoms with Crippen LogP contribution in [0.1, 0.15) is 37.5 Å². The molecule has 6 heteroatoms. The SMILES string of the molecule is CC(C)(C)c1ccccc1Oc1cccc(-c2c3cccc(C(F)(F)F)c3nn2Cc2ccccc2)c1. The molecule has 4 aromatic carbocycles. The molecule has 0 fully saturated rings. The summed E-state index contributed by atoms with van der Waals surface area (Å²) in [5.41, 5.74) is 2.41. The summed E-state index contributed by atoms with van der Waals surface area (Å²) in [6.07, 6.45) is -4.51. The van der Waals surface area contributed by atoms with Gasteiger partial charge in [-0.05, 0) is 35.2 Å². The summed E-state index contributed by atoms with van der Waals surface area (Å²) in [6, 6.07) is 29.1. The molecule has 0 unspecified atom stereocenters. The number of nitrogens with zero attached hydrogens (tertiary/aromatic N) is 2. The van der Waals surface area contributed by atoms with Gasteiger partial charge in [-0.3, -0.25) is 4.68 Å². The molecular formula is C31H27F3N2O. The van der Waals surface area contributed by atoms with E-state index < -0.39 is 11.7 Å². The third-order valence-corrected chi connectivity index (χ3v) is 6.28. The van der Waals surface area contributed by atoms with E-state index in [0.717, 1.165) is 28.5 Å². The number of aromatic nitrogens is 2. The van der Waals surface area contributed by atoms with E-state index in [0.29, 0.717) is 23.4 Å². The van der Waals surface area contributed by atoms with E-state index in [1.165, 1.54) is 6.07 Å². The standard InChI is InChI=1S/C31H27F3N2O/c1-30(2,3)25-16-7-8-18-27(25)37-23-14-9-13-22(19-23)29-24-15-10-17-26(31(32,33)34)28(24)35-36(29)20-21-11-5-4-6-12-21/h4-19H,20H2,1-3H3. The number of ether oxygens (including phenoxy) is 1. The van der Waals surface area contributed by atoms with E-state index in [-0.39, 0.29) is 10.9 Å². The van der Waals surface area contributed by atoms with Gasteiger partial charge in [0.1, 0.15) is 17.0 Å². The summed E-state index contributed by atoms with van der Waals surface area (Å²) < 4.78 is 49.5. The molecule has 1 heterocycles. The van der Waals surface area contributed by atoms with Crippen LogP contribution >= 0.6 is 0 Å². The Bertz CT molecular complexity index is 1550. The van der Waals surface area contributed by atoms with Crippen molar-refractivity contribution in [1.29, 1.82) is 0 Å². The molecule has 1 aromatic heterocycles. The maximum absolute atomic E-state index is 13.9. The van der Waals surface area contributed by atoms with Crippen LogP contribution in [0.4, 0.5) is 13.2 Å². The smallest absolute Gasteiger partial charge is 0.418 e. The van der Waals surface area contributed by atoms with Gasteiger partial charge >= 0.3 is 6.18 Å². The maximum Gasteiger partial charge on any atom is 0.418 e. The topological polar surface area (TPSA) is 27.1 Å². The number of hydrogen-bond donors (Lipinski definition) is 0. The molecule has 37 heavy (non-hydrogen) atoms. The molecule has 0 atom stereocenters. The largest absolute Gasteiger partial charge is 0.457 e. The molecule has 0 spiro atoms. The first-order valence-corrected chi connectivity index (χ1v) is 12.1. The predicted octanol–water partition coefficient (Wildman–Crippen LogP) is 8.86. The fourth-order valence-corrected chi connectivity index (χ4v) is 4.57. The molecule has 0 radical (unpaired) electrons. The first-order chi connectivity index (χ1) is 17.6. The Morgan fingerprint density at radius 1 is 0.757 bits per heavy atom. The zero-order chi connectivity index (χ0) is 26.2. The van der Waals surface area contributed by atoms with Gasteiger partial charge in [0.05, 0.1) is 17.8 Å². The highest BCUT2D eigenvalue weighted by Crippen LogP contribution is 2.40. The predicted molar refractivity (Wildman–Crippen MR) is 141 cm³/mol. The molecule has 5 rings (SSSR count). The van der Waals surface area contributed by atoms with Crippen LogP contribution in [0.5, 0.6) is 11.5 Å². The number of halogens is 3. The van der Waals surface area contributed by atoms with Crippen LogP contribution in [-0.2, 0) is 18.1 Å². The fraction of sp³-hybridized carbons (Fsp3) is 0.194. The van der Waals surface area contributed by atoms with Gasteiger partial charge in [0, 0.05) is 16.5 Å². The third-order valence-electron chi connectivity index (χ3n) is 6.28. The van der Waals surface area contributed by atoms with Crippen LogP contribution in [0.2, 0.25) is 0 Å². The lowest BCUT2D eigenvalue weighted by atomic mass is 9.86. The van der Waals surface area contributed by atoms with E-state index in [9.17, 15) is 13.2 Å². The molecule has 0 aliphatic rings. The monoisotopic (exact) mass is 500 g/mol. The lowest BCUT2D eigenvalue weighted by molar-refractivity contribution is -0.136. The molecule has 0 saturated heterocycles. The molecule has 0 saturated carbocycles. The van der Waals surface area contributed by atoms with E-state index in [2.05, 4.69) is 25.9 Å². The molecule has 5 aromatic rings. The number of rotatable bonds is 5. The Kier molecular flexibility index (Phi) is 6.28. The molecule has 0 aliphatic heterocycles. The number of alkyl halides is 3. The highest BCUT2D eigenvalue weighted by molar-refractivity contribution is 5.95. The van der Waals surface area contributed by atoms with E-state index in [4.69, 9.17) is 4.74 Å². The van der Waals surface area contributed by atoms with Crippen molar-refractivity contribution in [3.63, 3.8) is 0 Å². The van der Waals surface area contributed by atoms with Crippen molar-refractivity contribution in [2.45, 2.75) is 38.9 Å². The van der Waals surface area contributed by atoms with E-state index in [1.807, 2.05) is 78.9 Å². The minimum Gasteiger partial charge on any atom is -0.457 e. The van der Waals surface area contributed by atoms with Crippen LogP contribution in [0.25, 0.3) is 22.2 Å². The molecule has 3 nitrogen and oxygen atoms in total. The van der Waals surface area contributed by atoms with Gasteiger partial charge in [0.25, 0.3) is 0 Å². The molecule has 0 bridgehead atoms. The van der Waals surface area contributed by atoms with E-state index in [1.54, 1.807) is 10.7 Å². The Morgan fingerprint density at radius 2 is 1.43 bits per heavy atom.